The zero-order valence-corrected chi connectivity index (χ0v) is 9.03. The van der Waals surface area contributed by atoms with Crippen molar-refractivity contribution in [1.29, 1.82) is 0 Å². The summed E-state index contributed by atoms with van der Waals surface area (Å²) >= 11 is 0. The van der Waals surface area contributed by atoms with Crippen molar-refractivity contribution in [2.75, 3.05) is 0 Å². The number of allylic oxidation sites excluding steroid dienone is 1. The summed E-state index contributed by atoms with van der Waals surface area (Å²) in [5.41, 5.74) is 0.586. The van der Waals surface area contributed by atoms with Gasteiger partial charge in [0.15, 0.2) is 0 Å². The van der Waals surface area contributed by atoms with Crippen LogP contribution in [-0.2, 0) is 7.05 Å². The molecular formula is C9H16N4O. The molecule has 0 aliphatic rings. The highest BCUT2D eigenvalue weighted by Crippen LogP contribution is 1.92. The fourth-order valence-corrected chi connectivity index (χ4v) is 0.738. The van der Waals surface area contributed by atoms with Gasteiger partial charge in [-0.1, -0.05) is 20.4 Å². The molecule has 1 amide bonds. The Kier molecular flexibility index (Phi) is 5.21. The Morgan fingerprint density at radius 3 is 2.50 bits per heavy atom. The van der Waals surface area contributed by atoms with Gasteiger partial charge in [0.05, 0.1) is 0 Å². The largest absolute Gasteiger partial charge is 0.324 e. The molecule has 0 aliphatic carbocycles. The number of carbonyl (C=O) groups is 1. The Morgan fingerprint density at radius 2 is 2.14 bits per heavy atom. The Hall–Kier alpha value is -1.65. The van der Waals surface area contributed by atoms with E-state index in [1.165, 1.54) is 10.9 Å². The number of nitrogens with one attached hydrogen (secondary N) is 1. The van der Waals surface area contributed by atoms with E-state index in [-0.39, 0.29) is 11.7 Å². The highest BCUT2D eigenvalue weighted by molar-refractivity contribution is 5.91. The Labute approximate surface area is 83.8 Å². The quantitative estimate of drug-likeness (QED) is 0.770. The van der Waals surface area contributed by atoms with Crippen LogP contribution in [0.3, 0.4) is 0 Å². The van der Waals surface area contributed by atoms with Crippen LogP contribution in [0.5, 0.6) is 0 Å². The van der Waals surface area contributed by atoms with Crippen molar-refractivity contribution in [2.24, 2.45) is 7.05 Å². The van der Waals surface area contributed by atoms with E-state index in [2.05, 4.69) is 22.1 Å². The molecule has 1 aromatic rings. The van der Waals surface area contributed by atoms with Crippen LogP contribution in [0.25, 0.3) is 0 Å². The van der Waals surface area contributed by atoms with Crippen molar-refractivity contribution in [3.63, 3.8) is 0 Å². The van der Waals surface area contributed by atoms with E-state index in [0.29, 0.717) is 5.70 Å². The van der Waals surface area contributed by atoms with Crippen LogP contribution in [0.15, 0.2) is 18.6 Å². The number of aromatic nitrogens is 3. The first-order valence-corrected chi connectivity index (χ1v) is 4.42. The molecule has 78 valence electrons. The Bertz CT molecular complexity index is 316. The zero-order valence-electron chi connectivity index (χ0n) is 9.03. The topological polar surface area (TPSA) is 59.8 Å². The van der Waals surface area contributed by atoms with Crippen molar-refractivity contribution >= 4 is 5.91 Å². The third-order valence-corrected chi connectivity index (χ3v) is 1.24. The fraction of sp³-hybridized carbons (Fsp3) is 0.444. The number of hydrogen-bond acceptors (Lipinski definition) is 3. The monoisotopic (exact) mass is 196 g/mol. The molecule has 5 heteroatoms. The summed E-state index contributed by atoms with van der Waals surface area (Å²) in [7, 11) is 1.70. The van der Waals surface area contributed by atoms with Crippen molar-refractivity contribution in [1.82, 2.24) is 20.1 Å². The summed E-state index contributed by atoms with van der Waals surface area (Å²) < 4.78 is 1.54. The predicted octanol–water partition coefficient (Wildman–Crippen LogP) is 1.10. The lowest BCUT2D eigenvalue weighted by Gasteiger charge is -2.01. The van der Waals surface area contributed by atoms with Crippen LogP contribution in [0.1, 0.15) is 31.4 Å². The minimum Gasteiger partial charge on any atom is -0.324 e. The molecule has 0 spiro atoms. The van der Waals surface area contributed by atoms with Crippen LogP contribution >= 0.6 is 0 Å². The number of nitrogens with zero attached hydrogens (tertiary/aromatic N) is 3. The van der Waals surface area contributed by atoms with E-state index >= 15 is 0 Å². The molecule has 5 nitrogen and oxygen atoms in total. The molecule has 1 heterocycles. The van der Waals surface area contributed by atoms with Gasteiger partial charge in [-0.15, -0.1) is 10.2 Å². The van der Waals surface area contributed by atoms with Gasteiger partial charge in [-0.05, 0) is 6.92 Å². The third kappa shape index (κ3) is 3.38. The molecular weight excluding hydrogens is 180 g/mol. The molecule has 0 bridgehead atoms. The van der Waals surface area contributed by atoms with Crippen molar-refractivity contribution in [3.05, 3.63) is 24.4 Å². The van der Waals surface area contributed by atoms with Gasteiger partial charge in [0, 0.05) is 12.7 Å². The lowest BCUT2D eigenvalue weighted by Crippen LogP contribution is -2.23. The molecule has 0 saturated carbocycles. The molecule has 14 heavy (non-hydrogen) atoms. The fourth-order valence-electron chi connectivity index (χ4n) is 0.738. The van der Waals surface area contributed by atoms with Crippen LogP contribution < -0.4 is 5.32 Å². The lowest BCUT2D eigenvalue weighted by molar-refractivity contribution is 0.0952. The molecule has 1 rings (SSSR count). The first kappa shape index (κ1) is 12.3. The van der Waals surface area contributed by atoms with Gasteiger partial charge in [-0.3, -0.25) is 4.79 Å². The average molecular weight is 196 g/mol. The van der Waals surface area contributed by atoms with Crippen molar-refractivity contribution in [2.45, 2.75) is 20.8 Å². The number of amides is 1. The molecule has 0 aromatic carbocycles. The number of hydrogen-bond donors (Lipinski definition) is 1. The first-order valence-electron chi connectivity index (χ1n) is 4.42. The van der Waals surface area contributed by atoms with E-state index in [4.69, 9.17) is 0 Å². The summed E-state index contributed by atoms with van der Waals surface area (Å²) in [5, 5.41) is 9.73. The van der Waals surface area contributed by atoms with E-state index in [1.54, 1.807) is 14.0 Å². The van der Waals surface area contributed by atoms with Gasteiger partial charge in [-0.2, -0.15) is 0 Å². The lowest BCUT2D eigenvalue weighted by atomic mass is 10.5. The first-order chi connectivity index (χ1) is 6.61. The molecule has 1 aromatic heterocycles. The minimum atomic E-state index is -0.289. The van der Waals surface area contributed by atoms with Gasteiger partial charge < -0.3 is 9.88 Å². The maximum absolute atomic E-state index is 11.2. The Balaban J connectivity index is 0.000000791. The van der Waals surface area contributed by atoms with Crippen molar-refractivity contribution < 1.29 is 4.79 Å². The molecule has 0 unspecified atom stereocenters. The normalized spacial score (nSPS) is 8.57. The summed E-state index contributed by atoms with van der Waals surface area (Å²) in [4.78, 5) is 11.2. The average Bonchev–Trinajstić information content (AvgIpc) is 2.54. The van der Waals surface area contributed by atoms with E-state index in [9.17, 15) is 4.79 Å². The standard InChI is InChI=1S/C7H10N4O.C2H6/c1-5(2)9-7(12)6-10-8-4-11(6)3;1-2/h4H,1H2,2-3H3,(H,9,12);1-2H3. The van der Waals surface area contributed by atoms with Gasteiger partial charge in [0.25, 0.3) is 5.91 Å². The second kappa shape index (κ2) is 5.90. The molecule has 0 radical (unpaired) electrons. The number of aryl methyl sites for hydroxylation is 1. The SMILES string of the molecule is C=C(C)NC(=O)c1nncn1C.CC. The van der Waals surface area contributed by atoms with Gasteiger partial charge in [0.2, 0.25) is 5.82 Å². The third-order valence-electron chi connectivity index (χ3n) is 1.24. The smallest absolute Gasteiger partial charge is 0.293 e. The predicted molar refractivity (Wildman–Crippen MR) is 54.6 cm³/mol. The molecule has 0 aliphatic heterocycles. The van der Waals surface area contributed by atoms with Gasteiger partial charge in [0.1, 0.15) is 6.33 Å². The number of carbonyl (C=O) groups excluding carboxylic acids is 1. The highest BCUT2D eigenvalue weighted by Gasteiger charge is 2.10. The summed E-state index contributed by atoms with van der Waals surface area (Å²) in [6.07, 6.45) is 1.47. The minimum absolute atomic E-state index is 0.276. The van der Waals surface area contributed by atoms with E-state index < -0.39 is 0 Å². The van der Waals surface area contributed by atoms with E-state index in [1.807, 2.05) is 13.8 Å². The van der Waals surface area contributed by atoms with Gasteiger partial charge >= 0.3 is 0 Å². The van der Waals surface area contributed by atoms with Crippen LogP contribution in [0.2, 0.25) is 0 Å². The molecule has 0 saturated heterocycles. The van der Waals surface area contributed by atoms with Crippen LogP contribution in [0, 0.1) is 0 Å². The molecule has 0 fully saturated rings. The molecule has 1 N–H and O–H groups in total. The number of rotatable bonds is 2. The summed E-state index contributed by atoms with van der Waals surface area (Å²) in [5.74, 6) is -0.0134. The maximum atomic E-state index is 11.2. The summed E-state index contributed by atoms with van der Waals surface area (Å²) in [6.45, 7) is 9.25. The second-order valence-corrected chi connectivity index (χ2v) is 2.50. The maximum Gasteiger partial charge on any atom is 0.293 e. The van der Waals surface area contributed by atoms with E-state index in [0.717, 1.165) is 0 Å². The highest BCUT2D eigenvalue weighted by atomic mass is 16.2. The van der Waals surface area contributed by atoms with Crippen LogP contribution in [0.4, 0.5) is 0 Å². The zero-order chi connectivity index (χ0) is 11.1. The second-order valence-electron chi connectivity index (χ2n) is 2.50. The Morgan fingerprint density at radius 1 is 1.57 bits per heavy atom. The van der Waals surface area contributed by atoms with Crippen LogP contribution in [-0.4, -0.2) is 20.7 Å². The van der Waals surface area contributed by atoms with Crippen molar-refractivity contribution in [3.8, 4) is 0 Å². The van der Waals surface area contributed by atoms with Gasteiger partial charge in [-0.25, -0.2) is 0 Å². The molecule has 0 atom stereocenters. The summed E-state index contributed by atoms with van der Waals surface area (Å²) in [6, 6.07) is 0.